The predicted octanol–water partition coefficient (Wildman–Crippen LogP) is 1.01. The monoisotopic (exact) mass is 257 g/mol. The van der Waals surface area contributed by atoms with Crippen molar-refractivity contribution in [2.45, 2.75) is 45.6 Å². The number of hydrogen-bond donors (Lipinski definition) is 3. The molecular weight excluding hydrogens is 234 g/mol. The Morgan fingerprint density at radius 2 is 1.94 bits per heavy atom. The SMILES string of the molecule is CC(C(=O)O)C(C)C(=O)NCC1CCCC(O)C1. The maximum Gasteiger partial charge on any atom is 0.307 e. The first kappa shape index (κ1) is 15.0. The molecule has 5 nitrogen and oxygen atoms in total. The number of rotatable bonds is 5. The Morgan fingerprint density at radius 1 is 1.28 bits per heavy atom. The average molecular weight is 257 g/mol. The fourth-order valence-corrected chi connectivity index (χ4v) is 2.29. The highest BCUT2D eigenvalue weighted by Gasteiger charge is 2.27. The first-order chi connectivity index (χ1) is 8.41. The highest BCUT2D eigenvalue weighted by Crippen LogP contribution is 2.23. The first-order valence-electron chi connectivity index (χ1n) is 6.60. The summed E-state index contributed by atoms with van der Waals surface area (Å²) in [5.74, 6) is -2.07. The molecule has 5 heteroatoms. The van der Waals surface area contributed by atoms with Crippen molar-refractivity contribution in [1.29, 1.82) is 0 Å². The highest BCUT2D eigenvalue weighted by molar-refractivity contribution is 5.84. The second kappa shape index (κ2) is 6.73. The van der Waals surface area contributed by atoms with Gasteiger partial charge in [0.25, 0.3) is 0 Å². The molecule has 0 aromatic carbocycles. The number of aliphatic carboxylic acids is 1. The van der Waals surface area contributed by atoms with Gasteiger partial charge in [-0.2, -0.15) is 0 Å². The zero-order valence-electron chi connectivity index (χ0n) is 11.1. The molecule has 4 atom stereocenters. The smallest absolute Gasteiger partial charge is 0.307 e. The molecule has 0 bridgehead atoms. The third-order valence-corrected chi connectivity index (χ3v) is 3.87. The van der Waals surface area contributed by atoms with Crippen LogP contribution in [0.25, 0.3) is 0 Å². The third kappa shape index (κ3) is 4.29. The molecule has 0 aromatic heterocycles. The topological polar surface area (TPSA) is 86.6 Å². The number of carbonyl (C=O) groups excluding carboxylic acids is 1. The van der Waals surface area contributed by atoms with Crippen molar-refractivity contribution in [2.75, 3.05) is 6.54 Å². The van der Waals surface area contributed by atoms with E-state index in [2.05, 4.69) is 5.32 Å². The van der Waals surface area contributed by atoms with Gasteiger partial charge in [-0.1, -0.05) is 20.3 Å². The number of hydrogen-bond acceptors (Lipinski definition) is 3. The largest absolute Gasteiger partial charge is 0.481 e. The molecule has 0 aliphatic heterocycles. The summed E-state index contributed by atoms with van der Waals surface area (Å²) in [6, 6.07) is 0. The molecule has 0 spiro atoms. The molecule has 1 fully saturated rings. The van der Waals surface area contributed by atoms with Crippen LogP contribution in [0.1, 0.15) is 39.5 Å². The van der Waals surface area contributed by atoms with Crippen LogP contribution in [0.5, 0.6) is 0 Å². The zero-order valence-corrected chi connectivity index (χ0v) is 11.1. The molecule has 18 heavy (non-hydrogen) atoms. The number of aliphatic hydroxyl groups excluding tert-OH is 1. The lowest BCUT2D eigenvalue weighted by atomic mass is 9.87. The van der Waals surface area contributed by atoms with Crippen LogP contribution in [0.3, 0.4) is 0 Å². The van der Waals surface area contributed by atoms with E-state index in [-0.39, 0.29) is 12.0 Å². The summed E-state index contributed by atoms with van der Waals surface area (Å²) in [6.07, 6.45) is 3.32. The normalized spacial score (nSPS) is 27.3. The third-order valence-electron chi connectivity index (χ3n) is 3.87. The number of carboxylic acids is 1. The van der Waals surface area contributed by atoms with Gasteiger partial charge in [0, 0.05) is 12.5 Å². The quantitative estimate of drug-likeness (QED) is 0.686. The molecular formula is C13H23NO4. The summed E-state index contributed by atoms with van der Waals surface area (Å²) in [7, 11) is 0. The number of amides is 1. The van der Waals surface area contributed by atoms with Crippen molar-refractivity contribution in [3.05, 3.63) is 0 Å². The zero-order chi connectivity index (χ0) is 13.7. The second-order valence-corrected chi connectivity index (χ2v) is 5.35. The Hall–Kier alpha value is -1.10. The van der Waals surface area contributed by atoms with E-state index in [0.29, 0.717) is 12.5 Å². The Balaban J connectivity index is 2.34. The number of aliphatic hydroxyl groups is 1. The van der Waals surface area contributed by atoms with E-state index in [9.17, 15) is 14.7 Å². The molecule has 0 aromatic rings. The van der Waals surface area contributed by atoms with Gasteiger partial charge in [0.1, 0.15) is 0 Å². The van der Waals surface area contributed by atoms with Crippen molar-refractivity contribution >= 4 is 11.9 Å². The van der Waals surface area contributed by atoms with Gasteiger partial charge in [0.05, 0.1) is 12.0 Å². The van der Waals surface area contributed by atoms with Gasteiger partial charge in [-0.25, -0.2) is 0 Å². The predicted molar refractivity (Wildman–Crippen MR) is 66.9 cm³/mol. The summed E-state index contributed by atoms with van der Waals surface area (Å²) in [5, 5.41) is 21.2. The van der Waals surface area contributed by atoms with Crippen LogP contribution in [0.15, 0.2) is 0 Å². The van der Waals surface area contributed by atoms with E-state index in [4.69, 9.17) is 5.11 Å². The van der Waals surface area contributed by atoms with Gasteiger partial charge in [-0.3, -0.25) is 9.59 Å². The van der Waals surface area contributed by atoms with Crippen molar-refractivity contribution in [2.24, 2.45) is 17.8 Å². The van der Waals surface area contributed by atoms with Crippen LogP contribution in [0.2, 0.25) is 0 Å². The van der Waals surface area contributed by atoms with E-state index >= 15 is 0 Å². The molecule has 3 N–H and O–H groups in total. The van der Waals surface area contributed by atoms with Gasteiger partial charge in [0.15, 0.2) is 0 Å². The number of carboxylic acid groups (broad SMARTS) is 1. The van der Waals surface area contributed by atoms with E-state index < -0.39 is 17.8 Å². The number of carbonyl (C=O) groups is 2. The minimum Gasteiger partial charge on any atom is -0.481 e. The van der Waals surface area contributed by atoms with Crippen molar-refractivity contribution in [1.82, 2.24) is 5.32 Å². The molecule has 1 amide bonds. The van der Waals surface area contributed by atoms with Crippen molar-refractivity contribution < 1.29 is 19.8 Å². The van der Waals surface area contributed by atoms with Crippen LogP contribution in [-0.2, 0) is 9.59 Å². The van der Waals surface area contributed by atoms with Crippen LogP contribution < -0.4 is 5.32 Å². The summed E-state index contributed by atoms with van der Waals surface area (Å²) < 4.78 is 0. The van der Waals surface area contributed by atoms with Gasteiger partial charge < -0.3 is 15.5 Å². The minimum absolute atomic E-state index is 0.218. The first-order valence-corrected chi connectivity index (χ1v) is 6.60. The van der Waals surface area contributed by atoms with E-state index in [1.165, 1.54) is 6.92 Å². The molecule has 1 aliphatic rings. The highest BCUT2D eigenvalue weighted by atomic mass is 16.4. The van der Waals surface area contributed by atoms with Gasteiger partial charge in [-0.15, -0.1) is 0 Å². The summed E-state index contributed by atoms with van der Waals surface area (Å²) in [5.41, 5.74) is 0. The molecule has 0 heterocycles. The van der Waals surface area contributed by atoms with Crippen molar-refractivity contribution in [3.8, 4) is 0 Å². The number of nitrogens with one attached hydrogen (secondary N) is 1. The fraction of sp³-hybridized carbons (Fsp3) is 0.846. The Kier molecular flexibility index (Phi) is 5.59. The molecule has 1 rings (SSSR count). The Bertz CT molecular complexity index is 305. The summed E-state index contributed by atoms with van der Waals surface area (Å²) >= 11 is 0. The summed E-state index contributed by atoms with van der Waals surface area (Å²) in [6.45, 7) is 3.70. The van der Waals surface area contributed by atoms with E-state index in [0.717, 1.165) is 25.7 Å². The van der Waals surface area contributed by atoms with Crippen LogP contribution >= 0.6 is 0 Å². The molecule has 1 saturated carbocycles. The molecule has 1 aliphatic carbocycles. The maximum atomic E-state index is 11.8. The standard InChI is InChI=1S/C13H23NO4/c1-8(9(2)13(17)18)12(16)14-7-10-4-3-5-11(15)6-10/h8-11,15H,3-7H2,1-2H3,(H,14,16)(H,17,18). The van der Waals surface area contributed by atoms with Gasteiger partial charge in [-0.05, 0) is 25.2 Å². The van der Waals surface area contributed by atoms with Gasteiger partial charge >= 0.3 is 5.97 Å². The van der Waals surface area contributed by atoms with Crippen molar-refractivity contribution in [3.63, 3.8) is 0 Å². The second-order valence-electron chi connectivity index (χ2n) is 5.35. The molecule has 4 unspecified atom stereocenters. The lowest BCUT2D eigenvalue weighted by Gasteiger charge is -2.26. The van der Waals surface area contributed by atoms with Crippen LogP contribution in [0, 0.1) is 17.8 Å². The van der Waals surface area contributed by atoms with Crippen LogP contribution in [-0.4, -0.2) is 34.7 Å². The Morgan fingerprint density at radius 3 is 2.50 bits per heavy atom. The maximum absolute atomic E-state index is 11.8. The molecule has 0 radical (unpaired) electrons. The lowest BCUT2D eigenvalue weighted by Crippen LogP contribution is -2.39. The summed E-state index contributed by atoms with van der Waals surface area (Å²) in [4.78, 5) is 22.6. The van der Waals surface area contributed by atoms with Crippen LogP contribution in [0.4, 0.5) is 0 Å². The fourth-order valence-electron chi connectivity index (χ4n) is 2.29. The minimum atomic E-state index is -0.953. The molecule has 0 saturated heterocycles. The molecule has 104 valence electrons. The van der Waals surface area contributed by atoms with E-state index in [1.54, 1.807) is 6.92 Å². The van der Waals surface area contributed by atoms with Gasteiger partial charge in [0.2, 0.25) is 5.91 Å². The average Bonchev–Trinajstić information content (AvgIpc) is 2.34. The Labute approximate surface area is 108 Å². The van der Waals surface area contributed by atoms with E-state index in [1.807, 2.05) is 0 Å². The lowest BCUT2D eigenvalue weighted by molar-refractivity contribution is -0.146.